The summed E-state index contributed by atoms with van der Waals surface area (Å²) in [7, 11) is 0. The minimum atomic E-state index is -0.172. The molecule has 2 heterocycles. The molecule has 0 saturated carbocycles. The monoisotopic (exact) mass is 329 g/mol. The van der Waals surface area contributed by atoms with Gasteiger partial charge in [0, 0.05) is 12.3 Å². The third kappa shape index (κ3) is 3.69. The lowest BCUT2D eigenvalue weighted by Crippen LogP contribution is -2.20. The Kier molecular flexibility index (Phi) is 4.46. The Bertz CT molecular complexity index is 794. The van der Waals surface area contributed by atoms with Crippen LogP contribution in [0, 0.1) is 0 Å². The van der Waals surface area contributed by atoms with Gasteiger partial charge >= 0.3 is 0 Å². The van der Waals surface area contributed by atoms with Crippen LogP contribution in [0.25, 0.3) is 16.3 Å². The van der Waals surface area contributed by atoms with Crippen LogP contribution in [0.1, 0.15) is 10.6 Å². The number of aromatic nitrogens is 2. The topological polar surface area (TPSA) is 54.9 Å². The molecule has 2 aromatic heterocycles. The van der Waals surface area contributed by atoms with Crippen molar-refractivity contribution in [3.63, 3.8) is 0 Å². The zero-order valence-corrected chi connectivity index (χ0v) is 13.1. The quantitative estimate of drug-likeness (QED) is 0.587. The van der Waals surface area contributed by atoms with Crippen LogP contribution >= 0.6 is 22.9 Å². The summed E-state index contributed by atoms with van der Waals surface area (Å²) in [5.41, 5.74) is 1.78. The molecule has 3 rings (SSSR count). The summed E-state index contributed by atoms with van der Waals surface area (Å²) in [5, 5.41) is 4.13. The Morgan fingerprint density at radius 1 is 1.27 bits per heavy atom. The van der Waals surface area contributed by atoms with Gasteiger partial charge in [-0.3, -0.25) is 4.79 Å². The number of nitrogens with one attached hydrogen (secondary N) is 1. The third-order valence-corrected chi connectivity index (χ3v) is 4.19. The molecule has 0 aliphatic rings. The fourth-order valence-electron chi connectivity index (χ4n) is 1.87. The maximum atomic E-state index is 11.8. The second-order valence-corrected chi connectivity index (χ2v) is 6.04. The average Bonchev–Trinajstić information content (AvgIpc) is 2.95. The fourth-order valence-corrected chi connectivity index (χ4v) is 2.89. The van der Waals surface area contributed by atoms with Gasteiger partial charge in [-0.15, -0.1) is 11.3 Å². The van der Waals surface area contributed by atoms with Gasteiger partial charge in [0.25, 0.3) is 0 Å². The summed E-state index contributed by atoms with van der Waals surface area (Å²) in [6.07, 6.45) is 4.77. The predicted molar refractivity (Wildman–Crippen MR) is 89.7 cm³/mol. The van der Waals surface area contributed by atoms with Gasteiger partial charge < -0.3 is 5.32 Å². The van der Waals surface area contributed by atoms with Crippen molar-refractivity contribution in [2.24, 2.45) is 0 Å². The molecule has 0 aliphatic carbocycles. The van der Waals surface area contributed by atoms with Crippen molar-refractivity contribution in [1.82, 2.24) is 15.3 Å². The van der Waals surface area contributed by atoms with Crippen LogP contribution in [0.2, 0.25) is 5.15 Å². The summed E-state index contributed by atoms with van der Waals surface area (Å²) in [6.45, 7) is 0.418. The largest absolute Gasteiger partial charge is 0.346 e. The standard InChI is InChI=1S/C16H12ClN3OS/c17-14-7-5-11(9-18-14)6-8-15(21)19-10-16-20-12-3-1-2-4-13(12)22-16/h1-9H,10H2,(H,19,21)/b8-6+. The number of rotatable bonds is 4. The van der Waals surface area contributed by atoms with Gasteiger partial charge in [0.1, 0.15) is 10.2 Å². The van der Waals surface area contributed by atoms with E-state index in [-0.39, 0.29) is 5.91 Å². The first-order chi connectivity index (χ1) is 10.7. The van der Waals surface area contributed by atoms with Crippen molar-refractivity contribution < 1.29 is 4.79 Å². The number of benzene rings is 1. The number of hydrogen-bond donors (Lipinski definition) is 1. The molecule has 1 N–H and O–H groups in total. The number of amides is 1. The van der Waals surface area contributed by atoms with E-state index in [0.29, 0.717) is 11.7 Å². The van der Waals surface area contributed by atoms with E-state index in [1.165, 1.54) is 6.08 Å². The first-order valence-electron chi connectivity index (χ1n) is 6.62. The molecule has 0 bridgehead atoms. The lowest BCUT2D eigenvalue weighted by atomic mass is 10.2. The average molecular weight is 330 g/mol. The minimum Gasteiger partial charge on any atom is -0.346 e. The van der Waals surface area contributed by atoms with Crippen molar-refractivity contribution in [1.29, 1.82) is 0 Å². The van der Waals surface area contributed by atoms with Gasteiger partial charge in [-0.05, 0) is 29.8 Å². The third-order valence-electron chi connectivity index (χ3n) is 2.93. The van der Waals surface area contributed by atoms with Gasteiger partial charge in [-0.1, -0.05) is 29.8 Å². The van der Waals surface area contributed by atoms with Crippen molar-refractivity contribution in [3.05, 3.63) is 64.4 Å². The Balaban J connectivity index is 1.58. The summed E-state index contributed by atoms with van der Waals surface area (Å²) in [5.74, 6) is -0.172. The molecule has 0 saturated heterocycles. The van der Waals surface area contributed by atoms with Crippen LogP contribution in [-0.2, 0) is 11.3 Å². The second kappa shape index (κ2) is 6.68. The summed E-state index contributed by atoms with van der Waals surface area (Å²) >= 11 is 7.29. The number of halogens is 1. The summed E-state index contributed by atoms with van der Waals surface area (Å²) in [4.78, 5) is 20.2. The van der Waals surface area contributed by atoms with Gasteiger partial charge in [-0.2, -0.15) is 0 Å². The molecular formula is C16H12ClN3OS. The zero-order valence-electron chi connectivity index (χ0n) is 11.5. The Morgan fingerprint density at radius 3 is 2.91 bits per heavy atom. The van der Waals surface area contributed by atoms with Crippen LogP contribution in [0.15, 0.2) is 48.7 Å². The van der Waals surface area contributed by atoms with Gasteiger partial charge in [0.05, 0.1) is 16.8 Å². The first-order valence-corrected chi connectivity index (χ1v) is 7.82. The molecule has 6 heteroatoms. The number of para-hydroxylation sites is 1. The highest BCUT2D eigenvalue weighted by Gasteiger charge is 2.03. The second-order valence-electron chi connectivity index (χ2n) is 4.54. The molecular weight excluding hydrogens is 318 g/mol. The van der Waals surface area contributed by atoms with Gasteiger partial charge in [-0.25, -0.2) is 9.97 Å². The summed E-state index contributed by atoms with van der Waals surface area (Å²) < 4.78 is 1.12. The number of pyridine rings is 1. The van der Waals surface area contributed by atoms with Crippen LogP contribution in [0.3, 0.4) is 0 Å². The number of nitrogens with zero attached hydrogens (tertiary/aromatic N) is 2. The van der Waals surface area contributed by atoms with Gasteiger partial charge in [0.15, 0.2) is 0 Å². The van der Waals surface area contributed by atoms with Crippen molar-refractivity contribution in [2.75, 3.05) is 0 Å². The molecule has 0 aliphatic heterocycles. The van der Waals surface area contributed by atoms with E-state index in [1.807, 2.05) is 24.3 Å². The maximum absolute atomic E-state index is 11.8. The molecule has 4 nitrogen and oxygen atoms in total. The highest BCUT2D eigenvalue weighted by atomic mass is 35.5. The minimum absolute atomic E-state index is 0.172. The Labute approximate surface area is 136 Å². The number of fused-ring (bicyclic) bond motifs is 1. The van der Waals surface area contributed by atoms with E-state index in [4.69, 9.17) is 11.6 Å². The van der Waals surface area contributed by atoms with E-state index in [1.54, 1.807) is 35.7 Å². The molecule has 3 aromatic rings. The summed E-state index contributed by atoms with van der Waals surface area (Å²) in [6, 6.07) is 11.4. The smallest absolute Gasteiger partial charge is 0.244 e. The fraction of sp³-hybridized carbons (Fsp3) is 0.0625. The maximum Gasteiger partial charge on any atom is 0.244 e. The van der Waals surface area contributed by atoms with Crippen molar-refractivity contribution in [3.8, 4) is 0 Å². The molecule has 0 fully saturated rings. The van der Waals surface area contributed by atoms with Crippen molar-refractivity contribution in [2.45, 2.75) is 6.54 Å². The van der Waals surface area contributed by atoms with Crippen LogP contribution < -0.4 is 5.32 Å². The lowest BCUT2D eigenvalue weighted by molar-refractivity contribution is -0.116. The molecule has 0 spiro atoms. The lowest BCUT2D eigenvalue weighted by Gasteiger charge is -1.98. The molecule has 0 atom stereocenters. The Hall–Kier alpha value is -2.24. The van der Waals surface area contributed by atoms with E-state index in [0.717, 1.165) is 20.8 Å². The SMILES string of the molecule is O=C(/C=C/c1ccc(Cl)nc1)NCc1nc2ccccc2s1. The van der Waals surface area contributed by atoms with E-state index >= 15 is 0 Å². The van der Waals surface area contributed by atoms with E-state index in [2.05, 4.69) is 15.3 Å². The van der Waals surface area contributed by atoms with Gasteiger partial charge in [0.2, 0.25) is 5.91 Å². The van der Waals surface area contributed by atoms with E-state index < -0.39 is 0 Å². The highest BCUT2D eigenvalue weighted by molar-refractivity contribution is 7.18. The Morgan fingerprint density at radius 2 is 2.14 bits per heavy atom. The van der Waals surface area contributed by atoms with Crippen LogP contribution in [0.5, 0.6) is 0 Å². The normalized spacial score (nSPS) is 11.1. The van der Waals surface area contributed by atoms with E-state index in [9.17, 15) is 4.79 Å². The van der Waals surface area contributed by atoms with Crippen LogP contribution in [-0.4, -0.2) is 15.9 Å². The van der Waals surface area contributed by atoms with Crippen molar-refractivity contribution >= 4 is 45.1 Å². The molecule has 0 unspecified atom stereocenters. The highest BCUT2D eigenvalue weighted by Crippen LogP contribution is 2.21. The molecule has 0 radical (unpaired) electrons. The number of carbonyl (C=O) groups is 1. The predicted octanol–water partition coefficient (Wildman–Crippen LogP) is 3.67. The molecule has 110 valence electrons. The van der Waals surface area contributed by atoms with Crippen LogP contribution in [0.4, 0.5) is 0 Å². The number of thiazole rings is 1. The molecule has 1 amide bonds. The first kappa shape index (κ1) is 14.7. The molecule has 1 aromatic carbocycles. The number of hydrogen-bond acceptors (Lipinski definition) is 4. The zero-order chi connectivity index (χ0) is 15.4. The molecule has 22 heavy (non-hydrogen) atoms. The number of carbonyl (C=O) groups excluding carboxylic acids is 1.